The third-order valence-electron chi connectivity index (χ3n) is 4.98. The Morgan fingerprint density at radius 2 is 2.00 bits per heavy atom. The van der Waals surface area contributed by atoms with Crippen LogP contribution in [0, 0.1) is 0 Å². The van der Waals surface area contributed by atoms with Crippen molar-refractivity contribution in [2.75, 3.05) is 18.5 Å². The maximum Gasteiger partial charge on any atom is 0.258 e. The van der Waals surface area contributed by atoms with Gasteiger partial charge in [-0.3, -0.25) is 15.1 Å². The molecule has 2 aromatic carbocycles. The number of imidazole rings is 1. The van der Waals surface area contributed by atoms with Gasteiger partial charge in [-0.2, -0.15) is 0 Å². The van der Waals surface area contributed by atoms with Gasteiger partial charge in [0.05, 0.1) is 11.0 Å². The van der Waals surface area contributed by atoms with Crippen LogP contribution in [0.5, 0.6) is 5.75 Å². The molecular formula is C25H26N4O3. The molecule has 0 unspecified atom stereocenters. The summed E-state index contributed by atoms with van der Waals surface area (Å²) in [5.74, 6) is 0.902. The van der Waals surface area contributed by atoms with Gasteiger partial charge in [-0.15, -0.1) is 0 Å². The summed E-state index contributed by atoms with van der Waals surface area (Å²) in [4.78, 5) is 21.7. The first-order chi connectivity index (χ1) is 15.7. The summed E-state index contributed by atoms with van der Waals surface area (Å²) < 4.78 is 13.3. The van der Waals surface area contributed by atoms with Crippen LogP contribution in [0.15, 0.2) is 73.1 Å². The van der Waals surface area contributed by atoms with E-state index in [9.17, 15) is 4.79 Å². The van der Waals surface area contributed by atoms with Crippen LogP contribution >= 0.6 is 0 Å². The molecule has 0 aliphatic carbocycles. The third kappa shape index (κ3) is 5.31. The van der Waals surface area contributed by atoms with E-state index in [-0.39, 0.29) is 5.91 Å². The average molecular weight is 431 g/mol. The Kier molecular flexibility index (Phi) is 7.09. The highest BCUT2D eigenvalue weighted by molar-refractivity contribution is 6.04. The van der Waals surface area contributed by atoms with Gasteiger partial charge in [0, 0.05) is 43.3 Å². The minimum atomic E-state index is -0.238. The van der Waals surface area contributed by atoms with Crippen molar-refractivity contribution in [2.45, 2.75) is 26.5 Å². The quantitative estimate of drug-likeness (QED) is 0.369. The number of nitrogens with zero attached hydrogens (tertiary/aromatic N) is 3. The minimum Gasteiger partial charge on any atom is -0.489 e. The molecule has 0 atom stereocenters. The van der Waals surface area contributed by atoms with Gasteiger partial charge in [0.2, 0.25) is 5.95 Å². The van der Waals surface area contributed by atoms with Gasteiger partial charge in [-0.25, -0.2) is 4.98 Å². The Morgan fingerprint density at radius 3 is 2.84 bits per heavy atom. The second-order valence-electron chi connectivity index (χ2n) is 7.26. The van der Waals surface area contributed by atoms with Crippen molar-refractivity contribution in [1.29, 1.82) is 0 Å². The lowest BCUT2D eigenvalue weighted by Gasteiger charge is -2.11. The Morgan fingerprint density at radius 1 is 1.09 bits per heavy atom. The summed E-state index contributed by atoms with van der Waals surface area (Å²) in [6, 6.07) is 18.8. The predicted octanol–water partition coefficient (Wildman–Crippen LogP) is 4.69. The molecule has 32 heavy (non-hydrogen) atoms. The highest BCUT2D eigenvalue weighted by Crippen LogP contribution is 2.22. The molecule has 164 valence electrons. The maximum atomic E-state index is 13.0. The van der Waals surface area contributed by atoms with Gasteiger partial charge in [0.25, 0.3) is 5.91 Å². The van der Waals surface area contributed by atoms with Gasteiger partial charge in [-0.05, 0) is 49.7 Å². The number of hydrogen-bond acceptors (Lipinski definition) is 5. The molecule has 0 aliphatic rings. The highest BCUT2D eigenvalue weighted by Gasteiger charge is 2.15. The standard InChI is InChI=1S/C25H26N4O3/c1-2-31-15-7-14-29-23-12-4-3-11-22(23)27-25(29)28-24(30)20-9-5-10-21(16-20)32-18-19-8-6-13-26-17-19/h3-6,8-13,16-17H,2,7,14-15,18H2,1H3,(H,27,28,30). The molecule has 4 rings (SSSR count). The van der Waals surface area contributed by atoms with E-state index in [0.29, 0.717) is 43.6 Å². The van der Waals surface area contributed by atoms with Crippen LogP contribution in [0.1, 0.15) is 29.3 Å². The zero-order valence-corrected chi connectivity index (χ0v) is 18.0. The molecule has 0 saturated carbocycles. The van der Waals surface area contributed by atoms with Crippen LogP contribution in [0.25, 0.3) is 11.0 Å². The average Bonchev–Trinajstić information content (AvgIpc) is 3.18. The molecule has 2 heterocycles. The topological polar surface area (TPSA) is 78.3 Å². The molecule has 0 saturated heterocycles. The van der Waals surface area contributed by atoms with Crippen molar-refractivity contribution >= 4 is 22.9 Å². The molecule has 7 heteroatoms. The van der Waals surface area contributed by atoms with E-state index < -0.39 is 0 Å². The summed E-state index contributed by atoms with van der Waals surface area (Å²) in [5, 5.41) is 2.96. The predicted molar refractivity (Wildman–Crippen MR) is 124 cm³/mol. The molecule has 0 aliphatic heterocycles. The van der Waals surface area contributed by atoms with E-state index in [1.165, 1.54) is 0 Å². The van der Waals surface area contributed by atoms with E-state index in [4.69, 9.17) is 9.47 Å². The number of ether oxygens (including phenoxy) is 2. The number of rotatable bonds is 10. The normalized spacial score (nSPS) is 10.9. The number of benzene rings is 2. The SMILES string of the molecule is CCOCCCn1c(NC(=O)c2cccc(OCc3cccnc3)c2)nc2ccccc21. The van der Waals surface area contributed by atoms with Crippen molar-refractivity contribution in [3.05, 3.63) is 84.2 Å². The molecule has 4 aromatic rings. The van der Waals surface area contributed by atoms with Crippen molar-refractivity contribution in [3.63, 3.8) is 0 Å². The number of hydrogen-bond donors (Lipinski definition) is 1. The van der Waals surface area contributed by atoms with Crippen molar-refractivity contribution < 1.29 is 14.3 Å². The Balaban J connectivity index is 1.48. The zero-order chi connectivity index (χ0) is 22.2. The van der Waals surface area contributed by atoms with Crippen molar-refractivity contribution in [2.24, 2.45) is 0 Å². The lowest BCUT2D eigenvalue weighted by atomic mass is 10.2. The second-order valence-corrected chi connectivity index (χ2v) is 7.26. The van der Waals surface area contributed by atoms with E-state index >= 15 is 0 Å². The number of aryl methyl sites for hydroxylation is 1. The van der Waals surface area contributed by atoms with Gasteiger partial charge < -0.3 is 14.0 Å². The second kappa shape index (κ2) is 10.5. The fourth-order valence-electron chi connectivity index (χ4n) is 3.42. The fourth-order valence-corrected chi connectivity index (χ4v) is 3.42. The monoisotopic (exact) mass is 430 g/mol. The molecule has 2 aromatic heterocycles. The maximum absolute atomic E-state index is 13.0. The summed E-state index contributed by atoms with van der Waals surface area (Å²) >= 11 is 0. The van der Waals surface area contributed by atoms with Crippen molar-refractivity contribution in [3.8, 4) is 5.75 Å². The minimum absolute atomic E-state index is 0.238. The smallest absolute Gasteiger partial charge is 0.258 e. The van der Waals surface area contributed by atoms with Gasteiger partial charge >= 0.3 is 0 Å². The number of nitrogens with one attached hydrogen (secondary N) is 1. The molecule has 0 radical (unpaired) electrons. The summed E-state index contributed by atoms with van der Waals surface area (Å²) in [6.07, 6.45) is 4.31. The van der Waals surface area contributed by atoms with E-state index in [2.05, 4.69) is 15.3 Å². The van der Waals surface area contributed by atoms with Gasteiger partial charge in [-0.1, -0.05) is 24.3 Å². The Bertz CT molecular complexity index is 1170. The van der Waals surface area contributed by atoms with Gasteiger partial charge in [0.1, 0.15) is 12.4 Å². The number of amides is 1. The molecule has 7 nitrogen and oxygen atoms in total. The number of anilines is 1. The fraction of sp³-hybridized carbons (Fsp3) is 0.240. The third-order valence-corrected chi connectivity index (χ3v) is 4.98. The Labute approximate surface area is 187 Å². The number of pyridine rings is 1. The molecule has 0 bridgehead atoms. The Hall–Kier alpha value is -3.71. The number of fused-ring (bicyclic) bond motifs is 1. The summed E-state index contributed by atoms with van der Waals surface area (Å²) in [5.41, 5.74) is 3.28. The van der Waals surface area contributed by atoms with Crippen LogP contribution < -0.4 is 10.1 Å². The van der Waals surface area contributed by atoms with Crippen LogP contribution in [0.4, 0.5) is 5.95 Å². The highest BCUT2D eigenvalue weighted by atomic mass is 16.5. The summed E-state index contributed by atoms with van der Waals surface area (Å²) in [6.45, 7) is 4.41. The number of carbonyl (C=O) groups is 1. The largest absolute Gasteiger partial charge is 0.489 e. The zero-order valence-electron chi connectivity index (χ0n) is 18.0. The van der Waals surface area contributed by atoms with Crippen LogP contribution in [-0.2, 0) is 17.9 Å². The van der Waals surface area contributed by atoms with Crippen LogP contribution in [0.2, 0.25) is 0 Å². The van der Waals surface area contributed by atoms with E-state index in [1.54, 1.807) is 30.6 Å². The number of para-hydroxylation sites is 2. The lowest BCUT2D eigenvalue weighted by molar-refractivity contribution is 0.102. The van der Waals surface area contributed by atoms with Crippen LogP contribution in [-0.4, -0.2) is 33.7 Å². The first kappa shape index (κ1) is 21.5. The van der Waals surface area contributed by atoms with Crippen molar-refractivity contribution in [1.82, 2.24) is 14.5 Å². The molecule has 0 fully saturated rings. The molecular weight excluding hydrogens is 404 g/mol. The molecule has 1 amide bonds. The number of carbonyl (C=O) groups excluding carboxylic acids is 1. The van der Waals surface area contributed by atoms with E-state index in [0.717, 1.165) is 23.0 Å². The first-order valence-electron chi connectivity index (χ1n) is 10.7. The molecule has 0 spiro atoms. The summed E-state index contributed by atoms with van der Waals surface area (Å²) in [7, 11) is 0. The van der Waals surface area contributed by atoms with Crippen LogP contribution in [0.3, 0.4) is 0 Å². The molecule has 1 N–H and O–H groups in total. The lowest BCUT2D eigenvalue weighted by Crippen LogP contribution is -2.16. The number of aromatic nitrogens is 3. The van der Waals surface area contributed by atoms with Gasteiger partial charge in [0.15, 0.2) is 0 Å². The first-order valence-corrected chi connectivity index (χ1v) is 10.7. The van der Waals surface area contributed by atoms with E-state index in [1.807, 2.05) is 54.0 Å².